The number of piperidine rings is 2. The second-order valence-electron chi connectivity index (χ2n) is 9.21. The maximum atomic E-state index is 15.1. The van der Waals surface area contributed by atoms with Gasteiger partial charge >= 0.3 is 0 Å². The highest BCUT2D eigenvalue weighted by Gasteiger charge is 2.33. The van der Waals surface area contributed by atoms with Gasteiger partial charge < -0.3 is 10.2 Å². The number of amides is 2. The molecule has 0 aliphatic carbocycles. The van der Waals surface area contributed by atoms with Crippen molar-refractivity contribution in [2.75, 3.05) is 37.6 Å². The van der Waals surface area contributed by atoms with Gasteiger partial charge in [-0.1, -0.05) is 6.07 Å². The summed E-state index contributed by atoms with van der Waals surface area (Å²) < 4.78 is 15.1. The fourth-order valence-electron chi connectivity index (χ4n) is 5.28. The molecule has 3 saturated heterocycles. The lowest BCUT2D eigenvalue weighted by atomic mass is 9.90. The van der Waals surface area contributed by atoms with E-state index in [0.29, 0.717) is 36.2 Å². The third kappa shape index (κ3) is 5.38. The molecule has 0 bridgehead atoms. The van der Waals surface area contributed by atoms with Gasteiger partial charge in [0.2, 0.25) is 11.8 Å². The third-order valence-corrected chi connectivity index (χ3v) is 6.98. The molecular formula is C23H34ClFN4O2. The SMILES string of the molecule is C[C@@H]1CN(c2ccc(C3CCC(=O)NC3=O)cc2F)C[C@H](C)N1CC1CCNCC1.Cl. The van der Waals surface area contributed by atoms with Gasteiger partial charge in [-0.2, -0.15) is 0 Å². The Bertz CT molecular complexity index is 790. The van der Waals surface area contributed by atoms with Crippen molar-refractivity contribution in [3.8, 4) is 0 Å². The number of rotatable bonds is 4. The molecule has 0 aromatic heterocycles. The summed E-state index contributed by atoms with van der Waals surface area (Å²) in [5.74, 6) is -0.576. The summed E-state index contributed by atoms with van der Waals surface area (Å²) in [5, 5.41) is 5.79. The van der Waals surface area contributed by atoms with Gasteiger partial charge in [-0.05, 0) is 69.8 Å². The molecule has 6 nitrogen and oxygen atoms in total. The van der Waals surface area contributed by atoms with Crippen molar-refractivity contribution < 1.29 is 14.0 Å². The minimum absolute atomic E-state index is 0. The summed E-state index contributed by atoms with van der Waals surface area (Å²) in [7, 11) is 0. The predicted octanol–water partition coefficient (Wildman–Crippen LogP) is 2.67. The molecule has 2 N–H and O–H groups in total. The average molecular weight is 453 g/mol. The van der Waals surface area contributed by atoms with Crippen molar-refractivity contribution in [3.63, 3.8) is 0 Å². The molecule has 3 atom stereocenters. The van der Waals surface area contributed by atoms with Crippen molar-refractivity contribution in [2.45, 2.75) is 57.5 Å². The van der Waals surface area contributed by atoms with E-state index in [9.17, 15) is 9.59 Å². The molecular weight excluding hydrogens is 419 g/mol. The second-order valence-corrected chi connectivity index (χ2v) is 9.21. The smallest absolute Gasteiger partial charge is 0.234 e. The Morgan fingerprint density at radius 2 is 1.74 bits per heavy atom. The Balaban J connectivity index is 0.00000272. The molecule has 1 aromatic rings. The standard InChI is InChI=1S/C23H33FN4O2.ClH/c1-15-12-27(13-16(2)28(15)14-17-7-9-25-10-8-17)21-5-3-18(11-20(21)24)19-4-6-22(29)26-23(19)30;/h3,5,11,15-17,19,25H,4,6-10,12-14H2,1-2H3,(H,26,29,30);1H/t15-,16+,19?;. The van der Waals surface area contributed by atoms with Crippen LogP contribution >= 0.6 is 12.4 Å². The van der Waals surface area contributed by atoms with Gasteiger partial charge in [0.05, 0.1) is 11.6 Å². The van der Waals surface area contributed by atoms with Gasteiger partial charge in [0.25, 0.3) is 0 Å². The number of hydrogen-bond acceptors (Lipinski definition) is 5. The lowest BCUT2D eigenvalue weighted by molar-refractivity contribution is -0.134. The molecule has 3 aliphatic rings. The average Bonchev–Trinajstić information content (AvgIpc) is 2.71. The Morgan fingerprint density at radius 3 is 2.35 bits per heavy atom. The van der Waals surface area contributed by atoms with Crippen molar-refractivity contribution in [3.05, 3.63) is 29.6 Å². The van der Waals surface area contributed by atoms with Crippen LogP contribution in [0.25, 0.3) is 0 Å². The lowest BCUT2D eigenvalue weighted by Crippen LogP contribution is -2.58. The quantitative estimate of drug-likeness (QED) is 0.687. The number of nitrogens with zero attached hydrogens (tertiary/aromatic N) is 2. The highest BCUT2D eigenvalue weighted by Crippen LogP contribution is 2.31. The van der Waals surface area contributed by atoms with Crippen LogP contribution in [-0.4, -0.2) is 61.5 Å². The first-order chi connectivity index (χ1) is 14.4. The summed E-state index contributed by atoms with van der Waals surface area (Å²) >= 11 is 0. The molecule has 1 unspecified atom stereocenters. The van der Waals surface area contributed by atoms with E-state index in [1.54, 1.807) is 6.07 Å². The maximum Gasteiger partial charge on any atom is 0.234 e. The molecule has 8 heteroatoms. The Kier molecular flexibility index (Phi) is 7.94. The first-order valence-electron chi connectivity index (χ1n) is 11.3. The number of halogens is 2. The fraction of sp³-hybridized carbons (Fsp3) is 0.652. The zero-order chi connectivity index (χ0) is 21.3. The number of imide groups is 1. The largest absolute Gasteiger partial charge is 0.366 e. The minimum Gasteiger partial charge on any atom is -0.366 e. The number of carbonyl (C=O) groups excluding carboxylic acids is 2. The molecule has 172 valence electrons. The van der Waals surface area contributed by atoms with Crippen molar-refractivity contribution in [2.24, 2.45) is 5.92 Å². The Morgan fingerprint density at radius 1 is 1.06 bits per heavy atom. The topological polar surface area (TPSA) is 64.7 Å². The first-order valence-corrected chi connectivity index (χ1v) is 11.3. The predicted molar refractivity (Wildman–Crippen MR) is 122 cm³/mol. The summed E-state index contributed by atoms with van der Waals surface area (Å²) in [4.78, 5) is 28.2. The van der Waals surface area contributed by atoms with E-state index in [-0.39, 0.29) is 30.0 Å². The first kappa shape index (κ1) is 24.0. The van der Waals surface area contributed by atoms with E-state index < -0.39 is 5.92 Å². The van der Waals surface area contributed by atoms with E-state index in [1.807, 2.05) is 6.07 Å². The van der Waals surface area contributed by atoms with Crippen LogP contribution in [0.3, 0.4) is 0 Å². The normalized spacial score (nSPS) is 28.2. The van der Waals surface area contributed by atoms with Crippen LogP contribution in [0.4, 0.5) is 10.1 Å². The van der Waals surface area contributed by atoms with Crippen LogP contribution in [0.1, 0.15) is 51.0 Å². The van der Waals surface area contributed by atoms with Crippen LogP contribution in [-0.2, 0) is 9.59 Å². The zero-order valence-corrected chi connectivity index (χ0v) is 19.2. The van der Waals surface area contributed by atoms with Crippen molar-refractivity contribution in [1.82, 2.24) is 15.5 Å². The van der Waals surface area contributed by atoms with Crippen molar-refractivity contribution in [1.29, 1.82) is 0 Å². The van der Waals surface area contributed by atoms with Crippen molar-refractivity contribution >= 4 is 29.9 Å². The number of hydrogen-bond donors (Lipinski definition) is 2. The minimum atomic E-state index is -0.453. The second kappa shape index (κ2) is 10.3. The van der Waals surface area contributed by atoms with E-state index in [2.05, 4.69) is 34.3 Å². The van der Waals surface area contributed by atoms with Gasteiger partial charge in [-0.25, -0.2) is 4.39 Å². The Labute approximate surface area is 190 Å². The van der Waals surface area contributed by atoms with E-state index >= 15 is 4.39 Å². The number of carbonyl (C=O) groups is 2. The molecule has 1 aromatic carbocycles. The highest BCUT2D eigenvalue weighted by molar-refractivity contribution is 6.00. The van der Waals surface area contributed by atoms with E-state index in [0.717, 1.165) is 38.6 Å². The Hall–Kier alpha value is -1.70. The van der Waals surface area contributed by atoms with Gasteiger partial charge in [0, 0.05) is 38.1 Å². The van der Waals surface area contributed by atoms with Gasteiger partial charge in [-0.15, -0.1) is 12.4 Å². The van der Waals surface area contributed by atoms with Crippen LogP contribution < -0.4 is 15.5 Å². The lowest BCUT2D eigenvalue weighted by Gasteiger charge is -2.47. The van der Waals surface area contributed by atoms with Crippen LogP contribution in [0, 0.1) is 11.7 Å². The fourth-order valence-corrected chi connectivity index (χ4v) is 5.28. The monoisotopic (exact) mass is 452 g/mol. The molecule has 0 radical (unpaired) electrons. The molecule has 31 heavy (non-hydrogen) atoms. The summed E-state index contributed by atoms with van der Waals surface area (Å²) in [6.45, 7) is 9.40. The molecule has 0 saturated carbocycles. The van der Waals surface area contributed by atoms with E-state index in [4.69, 9.17) is 0 Å². The number of anilines is 1. The van der Waals surface area contributed by atoms with Crippen LogP contribution in [0.2, 0.25) is 0 Å². The molecule has 2 amide bonds. The highest BCUT2D eigenvalue weighted by atomic mass is 35.5. The van der Waals surface area contributed by atoms with Crippen LogP contribution in [0.5, 0.6) is 0 Å². The molecule has 3 fully saturated rings. The molecule has 3 heterocycles. The number of piperazine rings is 1. The van der Waals surface area contributed by atoms with Gasteiger partial charge in [-0.3, -0.25) is 19.8 Å². The number of benzene rings is 1. The molecule has 3 aliphatic heterocycles. The third-order valence-electron chi connectivity index (χ3n) is 6.98. The molecule has 4 rings (SSSR count). The number of nitrogens with one attached hydrogen (secondary N) is 2. The summed E-state index contributed by atoms with van der Waals surface area (Å²) in [6.07, 6.45) is 3.20. The maximum absolute atomic E-state index is 15.1. The molecule has 0 spiro atoms. The summed E-state index contributed by atoms with van der Waals surface area (Å²) in [5.41, 5.74) is 1.25. The van der Waals surface area contributed by atoms with E-state index in [1.165, 1.54) is 18.9 Å². The van der Waals surface area contributed by atoms with Crippen LogP contribution in [0.15, 0.2) is 18.2 Å². The zero-order valence-electron chi connectivity index (χ0n) is 18.4. The summed E-state index contributed by atoms with van der Waals surface area (Å²) in [6, 6.07) is 5.84. The van der Waals surface area contributed by atoms with Gasteiger partial charge in [0.15, 0.2) is 0 Å². The van der Waals surface area contributed by atoms with Gasteiger partial charge in [0.1, 0.15) is 5.82 Å².